The maximum atomic E-state index is 6.84. The number of piperidine rings is 1. The molecule has 5 N–H and O–H groups in total. The molecule has 2 aromatic heterocycles. The van der Waals surface area contributed by atoms with Gasteiger partial charge >= 0.3 is 0 Å². The van der Waals surface area contributed by atoms with Gasteiger partial charge in [0.1, 0.15) is 5.82 Å². The molecular weight excluding hydrogens is 334 g/mol. The molecule has 8 heteroatoms. The van der Waals surface area contributed by atoms with Gasteiger partial charge in [-0.2, -0.15) is 5.53 Å². The maximum Gasteiger partial charge on any atom is 0.155 e. The maximum absolute atomic E-state index is 6.84. The smallest absolute Gasteiger partial charge is 0.155 e. The molecule has 0 saturated carbocycles. The molecule has 3 heterocycles. The summed E-state index contributed by atoms with van der Waals surface area (Å²) in [5.41, 5.74) is 14.3. The lowest BCUT2D eigenvalue weighted by molar-refractivity contribution is 0.478. The number of amidine groups is 1. The summed E-state index contributed by atoms with van der Waals surface area (Å²) in [5, 5.41) is 18.0. The first-order chi connectivity index (χ1) is 12.3. The lowest BCUT2D eigenvalue weighted by Gasteiger charge is -2.24. The van der Waals surface area contributed by atoms with Gasteiger partial charge in [-0.05, 0) is 43.4 Å². The normalized spacial score (nSPS) is 16.4. The van der Waals surface area contributed by atoms with Gasteiger partial charge in [0.2, 0.25) is 0 Å². The van der Waals surface area contributed by atoms with E-state index in [0.29, 0.717) is 6.04 Å². The van der Waals surface area contributed by atoms with Crippen molar-refractivity contribution in [1.82, 2.24) is 10.3 Å². The van der Waals surface area contributed by atoms with E-state index in [-0.39, 0.29) is 5.84 Å². The molecule has 4 rings (SSSR count). The van der Waals surface area contributed by atoms with Crippen molar-refractivity contribution in [2.75, 3.05) is 18.4 Å². The molecule has 0 bridgehead atoms. The fourth-order valence-electron chi connectivity index (χ4n) is 3.26. The molecule has 1 fully saturated rings. The highest BCUT2D eigenvalue weighted by Crippen LogP contribution is 2.34. The first kappa shape index (κ1) is 15.9. The standard InChI is InChI=1S/C17H19N7S/c18-16(23-24-19)10-1-2-12-13-5-8-25-15(13)17(22-14(12)9-10)21-11-3-6-20-7-4-11/h1-2,5,8-9,11,20H,3-4,6-7H2,(H,21,22)(H3,18,19,23). The fourth-order valence-corrected chi connectivity index (χ4v) is 4.12. The Hall–Kier alpha value is -2.58. The lowest BCUT2D eigenvalue weighted by Crippen LogP contribution is -2.35. The Morgan fingerprint density at radius 1 is 1.28 bits per heavy atom. The molecule has 1 aromatic carbocycles. The van der Waals surface area contributed by atoms with Crippen LogP contribution in [0.1, 0.15) is 18.4 Å². The van der Waals surface area contributed by atoms with Gasteiger partial charge in [-0.1, -0.05) is 17.4 Å². The zero-order chi connectivity index (χ0) is 17.2. The molecule has 1 aliphatic rings. The first-order valence-corrected chi connectivity index (χ1v) is 9.12. The Bertz CT molecular complexity index is 956. The second kappa shape index (κ2) is 6.73. The van der Waals surface area contributed by atoms with Crippen LogP contribution in [0, 0.1) is 5.53 Å². The van der Waals surface area contributed by atoms with E-state index in [1.165, 1.54) is 10.1 Å². The van der Waals surface area contributed by atoms with E-state index in [9.17, 15) is 0 Å². The summed E-state index contributed by atoms with van der Waals surface area (Å²) in [6.45, 7) is 2.07. The second-order valence-electron chi connectivity index (χ2n) is 6.11. The zero-order valence-electron chi connectivity index (χ0n) is 13.6. The van der Waals surface area contributed by atoms with Crippen LogP contribution in [0.25, 0.3) is 21.0 Å². The minimum atomic E-state index is 0.219. The van der Waals surface area contributed by atoms with Crippen molar-refractivity contribution in [3.05, 3.63) is 35.2 Å². The Balaban J connectivity index is 1.81. The molecule has 0 atom stereocenters. The van der Waals surface area contributed by atoms with Crippen molar-refractivity contribution in [2.45, 2.75) is 18.9 Å². The quantitative estimate of drug-likeness (QED) is 0.250. The van der Waals surface area contributed by atoms with Crippen LogP contribution in [0.4, 0.5) is 5.82 Å². The largest absolute Gasteiger partial charge is 0.382 e. The number of aromatic nitrogens is 1. The molecule has 0 amide bonds. The third kappa shape index (κ3) is 3.06. The Morgan fingerprint density at radius 2 is 2.12 bits per heavy atom. The minimum absolute atomic E-state index is 0.219. The number of rotatable bonds is 4. The highest BCUT2D eigenvalue weighted by Gasteiger charge is 2.17. The highest BCUT2D eigenvalue weighted by molar-refractivity contribution is 7.18. The number of benzene rings is 1. The summed E-state index contributed by atoms with van der Waals surface area (Å²) in [6.07, 6.45) is 2.19. The summed E-state index contributed by atoms with van der Waals surface area (Å²) in [6, 6.07) is 8.38. The molecule has 25 heavy (non-hydrogen) atoms. The van der Waals surface area contributed by atoms with E-state index in [2.05, 4.69) is 32.4 Å². The van der Waals surface area contributed by atoms with E-state index < -0.39 is 0 Å². The number of nitrogens with one attached hydrogen (secondary N) is 3. The van der Waals surface area contributed by atoms with E-state index in [0.717, 1.165) is 48.2 Å². The average Bonchev–Trinajstić information content (AvgIpc) is 3.13. The summed E-state index contributed by atoms with van der Waals surface area (Å²) in [5.74, 6) is 1.15. The van der Waals surface area contributed by atoms with Crippen LogP contribution in [0.15, 0.2) is 40.0 Å². The minimum Gasteiger partial charge on any atom is -0.382 e. The summed E-state index contributed by atoms with van der Waals surface area (Å²) >= 11 is 1.71. The lowest BCUT2D eigenvalue weighted by atomic mass is 10.1. The van der Waals surface area contributed by atoms with E-state index in [4.69, 9.17) is 16.2 Å². The molecule has 0 radical (unpaired) electrons. The number of hydrogen-bond donors (Lipinski definition) is 4. The second-order valence-corrected chi connectivity index (χ2v) is 7.03. The third-order valence-electron chi connectivity index (χ3n) is 4.53. The molecule has 128 valence electrons. The fraction of sp³-hybridized carbons (Fsp3) is 0.294. The highest BCUT2D eigenvalue weighted by atomic mass is 32.1. The average molecular weight is 353 g/mol. The molecule has 0 spiro atoms. The summed E-state index contributed by atoms with van der Waals surface area (Å²) in [4.78, 5) is 4.86. The van der Waals surface area contributed by atoms with Crippen LogP contribution in [-0.2, 0) is 0 Å². The summed E-state index contributed by atoms with van der Waals surface area (Å²) in [7, 11) is 0. The predicted octanol–water partition coefficient (Wildman–Crippen LogP) is 3.26. The third-order valence-corrected chi connectivity index (χ3v) is 5.46. The van der Waals surface area contributed by atoms with Crippen LogP contribution in [0.5, 0.6) is 0 Å². The number of nitrogens with two attached hydrogens (primary N) is 1. The van der Waals surface area contributed by atoms with Gasteiger partial charge in [-0.25, -0.2) is 4.98 Å². The van der Waals surface area contributed by atoms with Crippen LogP contribution >= 0.6 is 11.3 Å². The van der Waals surface area contributed by atoms with Gasteiger partial charge in [0.25, 0.3) is 0 Å². The number of nitrogens with zero attached hydrogens (tertiary/aromatic N) is 3. The van der Waals surface area contributed by atoms with E-state index in [1.807, 2.05) is 18.2 Å². The SMILES string of the molecule is N=N/N=C(\N)c1ccc2c(c1)nc(NC1CCNCC1)c1sccc12. The van der Waals surface area contributed by atoms with Crippen molar-refractivity contribution in [3.63, 3.8) is 0 Å². The molecule has 1 aliphatic heterocycles. The topological polar surface area (TPSA) is 112 Å². The van der Waals surface area contributed by atoms with Gasteiger partial charge in [0.15, 0.2) is 5.84 Å². The van der Waals surface area contributed by atoms with E-state index in [1.54, 1.807) is 11.3 Å². The molecule has 7 nitrogen and oxygen atoms in total. The van der Waals surface area contributed by atoms with Crippen molar-refractivity contribution in [2.24, 2.45) is 16.1 Å². The van der Waals surface area contributed by atoms with Crippen molar-refractivity contribution in [3.8, 4) is 0 Å². The summed E-state index contributed by atoms with van der Waals surface area (Å²) < 4.78 is 1.18. The first-order valence-electron chi connectivity index (χ1n) is 8.25. The Morgan fingerprint density at radius 3 is 2.92 bits per heavy atom. The van der Waals surface area contributed by atoms with Crippen molar-refractivity contribution >= 4 is 44.0 Å². The van der Waals surface area contributed by atoms with E-state index >= 15 is 0 Å². The van der Waals surface area contributed by atoms with Crippen LogP contribution in [0.2, 0.25) is 0 Å². The predicted molar refractivity (Wildman–Crippen MR) is 103 cm³/mol. The van der Waals surface area contributed by atoms with Gasteiger partial charge in [-0.15, -0.1) is 16.4 Å². The van der Waals surface area contributed by atoms with Gasteiger partial charge in [-0.3, -0.25) is 0 Å². The molecule has 3 aromatic rings. The van der Waals surface area contributed by atoms with Crippen LogP contribution < -0.4 is 16.4 Å². The molecule has 1 saturated heterocycles. The Labute approximate surface area is 148 Å². The van der Waals surface area contributed by atoms with Crippen LogP contribution in [-0.4, -0.2) is 30.0 Å². The van der Waals surface area contributed by atoms with Crippen molar-refractivity contribution in [1.29, 1.82) is 5.53 Å². The van der Waals surface area contributed by atoms with Gasteiger partial charge < -0.3 is 16.4 Å². The van der Waals surface area contributed by atoms with Crippen LogP contribution in [0.3, 0.4) is 0 Å². The van der Waals surface area contributed by atoms with Crippen molar-refractivity contribution < 1.29 is 0 Å². The number of anilines is 1. The molecule has 0 unspecified atom stereocenters. The molecule has 0 aliphatic carbocycles. The molecular formula is C17H19N7S. The number of pyridine rings is 1. The Kier molecular flexibility index (Phi) is 4.29. The zero-order valence-corrected chi connectivity index (χ0v) is 14.4. The van der Waals surface area contributed by atoms with Gasteiger partial charge in [0.05, 0.1) is 10.2 Å². The van der Waals surface area contributed by atoms with Gasteiger partial charge in [0, 0.05) is 22.4 Å². The number of hydrogen-bond acceptors (Lipinski definition) is 6. The monoisotopic (exact) mass is 353 g/mol. The number of thiophene rings is 1. The number of fused-ring (bicyclic) bond motifs is 3.